The predicted molar refractivity (Wildman–Crippen MR) is 119 cm³/mol. The number of piperazine rings is 1. The molecule has 1 aliphatic heterocycles. The van der Waals surface area contributed by atoms with Crippen LogP contribution in [-0.4, -0.2) is 83.7 Å². The number of aldehydes is 1. The third kappa shape index (κ3) is 4.69. The average molecular weight is 468 g/mol. The Morgan fingerprint density at radius 1 is 1.31 bits per heavy atom. The fourth-order valence-corrected chi connectivity index (χ4v) is 7.72. The molecule has 10 nitrogen and oxygen atoms in total. The second kappa shape index (κ2) is 8.75. The molecular formula is C21H33N5O5S. The molecule has 0 spiro atoms. The van der Waals surface area contributed by atoms with E-state index in [9.17, 15) is 23.1 Å². The minimum absolute atomic E-state index is 0.00199. The molecule has 32 heavy (non-hydrogen) atoms. The number of aryl methyl sites for hydroxylation is 1. The third-order valence-electron chi connectivity index (χ3n) is 7.35. The summed E-state index contributed by atoms with van der Waals surface area (Å²) >= 11 is 0. The van der Waals surface area contributed by atoms with Gasteiger partial charge in [-0.25, -0.2) is 8.42 Å². The van der Waals surface area contributed by atoms with Crippen molar-refractivity contribution in [2.45, 2.75) is 43.6 Å². The van der Waals surface area contributed by atoms with E-state index in [0.29, 0.717) is 56.0 Å². The van der Waals surface area contributed by atoms with Crippen molar-refractivity contribution >= 4 is 27.8 Å². The summed E-state index contributed by atoms with van der Waals surface area (Å²) in [6, 6.07) is 0. The lowest BCUT2D eigenvalue weighted by Gasteiger charge is -2.28. The molecule has 3 fully saturated rings. The van der Waals surface area contributed by atoms with Crippen LogP contribution in [0.4, 0.5) is 5.82 Å². The monoisotopic (exact) mass is 467 g/mol. The maximum Gasteiger partial charge on any atom is 0.236 e. The first-order chi connectivity index (χ1) is 15.1. The summed E-state index contributed by atoms with van der Waals surface area (Å²) in [5.74, 6) is 0.619. The van der Waals surface area contributed by atoms with Gasteiger partial charge in [0.05, 0.1) is 34.9 Å². The van der Waals surface area contributed by atoms with Crippen LogP contribution in [0.15, 0.2) is 0 Å². The number of carbonyl (C=O) groups excluding carboxylic acids is 2. The topological polar surface area (TPSA) is 148 Å². The smallest absolute Gasteiger partial charge is 0.236 e. The summed E-state index contributed by atoms with van der Waals surface area (Å²) in [4.78, 5) is 25.0. The molecular weight excluding hydrogens is 434 g/mol. The number of nitrogens with two attached hydrogens (primary N) is 1. The molecule has 0 radical (unpaired) electrons. The highest BCUT2D eigenvalue weighted by Gasteiger charge is 2.51. The molecule has 4 N–H and O–H groups in total. The van der Waals surface area contributed by atoms with Gasteiger partial charge in [-0.1, -0.05) is 0 Å². The molecule has 2 aliphatic carbocycles. The lowest BCUT2D eigenvalue weighted by molar-refractivity contribution is -0.131. The molecule has 2 atom stereocenters. The summed E-state index contributed by atoms with van der Waals surface area (Å²) in [6.07, 6.45) is 3.58. The Morgan fingerprint density at radius 3 is 2.62 bits per heavy atom. The van der Waals surface area contributed by atoms with Crippen LogP contribution < -0.4 is 11.1 Å². The van der Waals surface area contributed by atoms with E-state index in [0.717, 1.165) is 25.7 Å². The Balaban J connectivity index is 1.31. The number of hydrogen-bond donors (Lipinski definition) is 3. The van der Waals surface area contributed by atoms with Gasteiger partial charge in [-0.3, -0.25) is 14.3 Å². The van der Waals surface area contributed by atoms with Crippen molar-refractivity contribution in [3.05, 3.63) is 11.3 Å². The van der Waals surface area contributed by atoms with E-state index in [-0.39, 0.29) is 35.2 Å². The number of hydrogen-bond acceptors (Lipinski definition) is 8. The van der Waals surface area contributed by atoms with Crippen molar-refractivity contribution in [2.24, 2.45) is 18.9 Å². The molecule has 2 unspecified atom stereocenters. The van der Waals surface area contributed by atoms with Crippen LogP contribution >= 0.6 is 0 Å². The lowest BCUT2D eigenvalue weighted by Crippen LogP contribution is -2.48. The molecule has 3 aliphatic rings. The van der Waals surface area contributed by atoms with Gasteiger partial charge in [-0.05, 0) is 43.9 Å². The van der Waals surface area contributed by atoms with Crippen LogP contribution in [-0.2, 0) is 21.7 Å². The highest BCUT2D eigenvalue weighted by atomic mass is 32.2. The fourth-order valence-electron chi connectivity index (χ4n) is 5.95. The zero-order valence-electron chi connectivity index (χ0n) is 18.5. The van der Waals surface area contributed by atoms with Gasteiger partial charge in [0.15, 0.2) is 16.1 Å². The van der Waals surface area contributed by atoms with Crippen LogP contribution in [0, 0.1) is 11.8 Å². The third-order valence-corrected chi connectivity index (χ3v) is 9.24. The van der Waals surface area contributed by atoms with Gasteiger partial charge in [0.1, 0.15) is 5.82 Å². The number of nitrogen functional groups attached to an aromatic ring is 1. The number of fused-ring (bicyclic) bond motifs is 1. The van der Waals surface area contributed by atoms with Crippen molar-refractivity contribution in [2.75, 3.05) is 43.4 Å². The Kier molecular flexibility index (Phi) is 6.34. The van der Waals surface area contributed by atoms with Crippen molar-refractivity contribution in [1.29, 1.82) is 0 Å². The maximum absolute atomic E-state index is 12.7. The maximum atomic E-state index is 12.7. The van der Waals surface area contributed by atoms with Gasteiger partial charge in [0.25, 0.3) is 0 Å². The average Bonchev–Trinajstić information content (AvgIpc) is 3.31. The van der Waals surface area contributed by atoms with Crippen molar-refractivity contribution < 1.29 is 23.1 Å². The highest BCUT2D eigenvalue weighted by Crippen LogP contribution is 2.54. The molecule has 1 aromatic heterocycles. The summed E-state index contributed by atoms with van der Waals surface area (Å²) < 4.78 is 26.9. The Morgan fingerprint density at radius 2 is 2.00 bits per heavy atom. The van der Waals surface area contributed by atoms with E-state index < -0.39 is 15.4 Å². The summed E-state index contributed by atoms with van der Waals surface area (Å²) in [5.41, 5.74) is 5.89. The molecule has 1 amide bonds. The predicted octanol–water partition coefficient (Wildman–Crippen LogP) is -0.314. The Hall–Kier alpha value is -1.98. The van der Waals surface area contributed by atoms with Gasteiger partial charge in [0.2, 0.25) is 5.91 Å². The Bertz CT molecular complexity index is 977. The first-order valence-corrected chi connectivity index (χ1v) is 13.1. The number of anilines is 1. The van der Waals surface area contributed by atoms with Crippen molar-refractivity contribution in [3.8, 4) is 0 Å². The van der Waals surface area contributed by atoms with Crippen molar-refractivity contribution in [3.63, 3.8) is 0 Å². The van der Waals surface area contributed by atoms with E-state index in [2.05, 4.69) is 10.4 Å². The van der Waals surface area contributed by atoms with E-state index in [1.165, 1.54) is 4.68 Å². The van der Waals surface area contributed by atoms with E-state index in [4.69, 9.17) is 5.73 Å². The number of aliphatic hydroxyl groups is 1. The normalized spacial score (nSPS) is 30.6. The standard InChI is InChI=1S/C21H33N5O5S/c1-25-20(22)17(12-27)19(24-25)14-7-15-9-21(29,10-16(15)8-14)13-32(30,31)6-2-4-26-5-3-23-11-18(26)28/h12,14-16,23,29H,2-11,13,22H2,1H3. The number of sulfone groups is 1. The summed E-state index contributed by atoms with van der Waals surface area (Å²) in [6.45, 7) is 2.05. The van der Waals surface area contributed by atoms with Gasteiger partial charge < -0.3 is 21.1 Å². The molecule has 2 heterocycles. The fraction of sp³-hybridized carbons (Fsp3) is 0.762. The van der Waals surface area contributed by atoms with Crippen LogP contribution in [0.1, 0.15) is 54.1 Å². The van der Waals surface area contributed by atoms with Gasteiger partial charge >= 0.3 is 0 Å². The molecule has 1 aromatic rings. The van der Waals surface area contributed by atoms with E-state index >= 15 is 0 Å². The lowest BCUT2D eigenvalue weighted by atomic mass is 9.93. The van der Waals surface area contributed by atoms with Gasteiger partial charge in [-0.2, -0.15) is 5.10 Å². The number of nitrogens with one attached hydrogen (secondary N) is 1. The second-order valence-corrected chi connectivity index (χ2v) is 11.9. The number of carbonyl (C=O) groups is 2. The molecule has 2 saturated carbocycles. The van der Waals surface area contributed by atoms with Gasteiger partial charge in [-0.15, -0.1) is 0 Å². The number of amides is 1. The van der Waals surface area contributed by atoms with Crippen LogP contribution in [0.25, 0.3) is 0 Å². The first kappa shape index (κ1) is 23.2. The number of aromatic nitrogens is 2. The minimum atomic E-state index is -3.43. The SMILES string of the molecule is Cn1nc(C2CC3CC(O)(CS(=O)(=O)CCCN4CCNCC4=O)CC3C2)c(C=O)c1N. The van der Waals surface area contributed by atoms with Crippen molar-refractivity contribution in [1.82, 2.24) is 20.0 Å². The minimum Gasteiger partial charge on any atom is -0.389 e. The van der Waals surface area contributed by atoms with Crippen LogP contribution in [0.5, 0.6) is 0 Å². The molecule has 11 heteroatoms. The molecule has 0 aromatic carbocycles. The van der Waals surface area contributed by atoms with E-state index in [1.807, 2.05) is 0 Å². The van der Waals surface area contributed by atoms with Crippen LogP contribution in [0.2, 0.25) is 0 Å². The zero-order valence-corrected chi connectivity index (χ0v) is 19.3. The molecule has 1 saturated heterocycles. The van der Waals surface area contributed by atoms with Crippen LogP contribution in [0.3, 0.4) is 0 Å². The number of rotatable bonds is 8. The molecule has 4 rings (SSSR count). The molecule has 178 valence electrons. The summed E-state index contributed by atoms with van der Waals surface area (Å²) in [7, 11) is -1.72. The highest BCUT2D eigenvalue weighted by molar-refractivity contribution is 7.91. The summed E-state index contributed by atoms with van der Waals surface area (Å²) in [5, 5.41) is 18.5. The van der Waals surface area contributed by atoms with E-state index in [1.54, 1.807) is 11.9 Å². The zero-order chi connectivity index (χ0) is 23.1. The van der Waals surface area contributed by atoms with Gasteiger partial charge in [0, 0.05) is 32.6 Å². The Labute approximate surface area is 188 Å². The number of nitrogens with zero attached hydrogens (tertiary/aromatic N) is 3. The largest absolute Gasteiger partial charge is 0.389 e. The first-order valence-electron chi connectivity index (χ1n) is 11.3. The molecule has 0 bridgehead atoms. The quantitative estimate of drug-likeness (QED) is 0.441. The second-order valence-electron chi connectivity index (χ2n) is 9.75.